The van der Waals surface area contributed by atoms with E-state index < -0.39 is 0 Å². The van der Waals surface area contributed by atoms with Crippen LogP contribution in [0.3, 0.4) is 0 Å². The van der Waals surface area contributed by atoms with Crippen LogP contribution in [-0.4, -0.2) is 16.3 Å². The summed E-state index contributed by atoms with van der Waals surface area (Å²) in [6.07, 6.45) is 0.782. The van der Waals surface area contributed by atoms with Gasteiger partial charge in [-0.1, -0.05) is 30.1 Å². The zero-order chi connectivity index (χ0) is 14.0. The number of halogens is 2. The number of aryl methyl sites for hydroxylation is 2. The second kappa shape index (κ2) is 6.27. The van der Waals surface area contributed by atoms with Gasteiger partial charge in [-0.25, -0.2) is 0 Å². The van der Waals surface area contributed by atoms with Gasteiger partial charge in [0.05, 0.1) is 21.4 Å². The maximum absolute atomic E-state index is 6.32. The molecule has 0 spiro atoms. The van der Waals surface area contributed by atoms with Crippen molar-refractivity contribution in [3.05, 3.63) is 37.8 Å². The number of thiophene rings is 1. The van der Waals surface area contributed by atoms with Gasteiger partial charge < -0.3 is 5.32 Å². The van der Waals surface area contributed by atoms with Gasteiger partial charge in [-0.15, -0.1) is 11.3 Å². The molecule has 0 bridgehead atoms. The number of likely N-dealkylation sites (N-methyl/N-ethyl adjacent to an activating group) is 1. The Morgan fingerprint density at radius 3 is 2.68 bits per heavy atom. The third-order valence-corrected chi connectivity index (χ3v) is 5.03. The minimum absolute atomic E-state index is 0.171. The van der Waals surface area contributed by atoms with E-state index in [1.807, 2.05) is 30.1 Å². The van der Waals surface area contributed by atoms with Crippen molar-refractivity contribution in [2.45, 2.75) is 26.3 Å². The SMILES string of the molecule is CCNC(Cc1c(Cl)c(C)nn1C)c1sccc1Cl. The molecule has 0 radical (unpaired) electrons. The van der Waals surface area contributed by atoms with E-state index >= 15 is 0 Å². The lowest BCUT2D eigenvalue weighted by Crippen LogP contribution is -2.23. The molecule has 0 saturated carbocycles. The summed E-state index contributed by atoms with van der Waals surface area (Å²) in [6, 6.07) is 2.10. The highest BCUT2D eigenvalue weighted by Gasteiger charge is 2.20. The molecule has 0 aromatic carbocycles. The average molecular weight is 318 g/mol. The molecule has 0 fully saturated rings. The Bertz CT molecular complexity index is 562. The van der Waals surface area contributed by atoms with Crippen LogP contribution in [0.5, 0.6) is 0 Å². The molecular weight excluding hydrogens is 301 g/mol. The smallest absolute Gasteiger partial charge is 0.0847 e. The predicted octanol–water partition coefficient (Wildman–Crippen LogP) is 3.99. The Labute approximate surface area is 127 Å². The maximum atomic E-state index is 6.32. The van der Waals surface area contributed by atoms with E-state index in [1.54, 1.807) is 11.3 Å². The summed E-state index contributed by atoms with van der Waals surface area (Å²) in [6.45, 7) is 4.89. The van der Waals surface area contributed by atoms with Gasteiger partial charge in [0.1, 0.15) is 0 Å². The maximum Gasteiger partial charge on any atom is 0.0847 e. The molecule has 1 unspecified atom stereocenters. The molecule has 19 heavy (non-hydrogen) atoms. The largest absolute Gasteiger partial charge is 0.309 e. The normalized spacial score (nSPS) is 12.9. The average Bonchev–Trinajstić information content (AvgIpc) is 2.88. The quantitative estimate of drug-likeness (QED) is 0.903. The molecule has 2 rings (SSSR count). The van der Waals surface area contributed by atoms with Gasteiger partial charge in [0.2, 0.25) is 0 Å². The standard InChI is InChI=1S/C13H17Cl2N3S/c1-4-16-10(13-9(14)5-6-19-13)7-11-12(15)8(2)17-18(11)3/h5-6,10,16H,4,7H2,1-3H3. The Morgan fingerprint density at radius 2 is 2.21 bits per heavy atom. The molecule has 2 aromatic heterocycles. The van der Waals surface area contributed by atoms with E-state index in [-0.39, 0.29) is 6.04 Å². The first-order chi connectivity index (χ1) is 9.04. The lowest BCUT2D eigenvalue weighted by atomic mass is 10.1. The van der Waals surface area contributed by atoms with Gasteiger partial charge in [-0.2, -0.15) is 5.10 Å². The lowest BCUT2D eigenvalue weighted by Gasteiger charge is -2.17. The number of aromatic nitrogens is 2. The van der Waals surface area contributed by atoms with Crippen molar-refractivity contribution in [3.8, 4) is 0 Å². The van der Waals surface area contributed by atoms with E-state index in [4.69, 9.17) is 23.2 Å². The van der Waals surface area contributed by atoms with E-state index in [9.17, 15) is 0 Å². The fourth-order valence-corrected chi connectivity index (χ4v) is 3.66. The van der Waals surface area contributed by atoms with E-state index in [0.29, 0.717) is 0 Å². The molecule has 0 aliphatic heterocycles. The molecule has 3 nitrogen and oxygen atoms in total. The first kappa shape index (κ1) is 14.9. The predicted molar refractivity (Wildman–Crippen MR) is 82.4 cm³/mol. The molecule has 2 heterocycles. The third kappa shape index (κ3) is 3.14. The highest BCUT2D eigenvalue weighted by atomic mass is 35.5. The summed E-state index contributed by atoms with van der Waals surface area (Å²) in [4.78, 5) is 1.15. The van der Waals surface area contributed by atoms with Crippen molar-refractivity contribution >= 4 is 34.5 Å². The Balaban J connectivity index is 2.29. The van der Waals surface area contributed by atoms with Gasteiger partial charge >= 0.3 is 0 Å². The zero-order valence-electron chi connectivity index (χ0n) is 11.2. The first-order valence-corrected chi connectivity index (χ1v) is 7.82. The van der Waals surface area contributed by atoms with Crippen LogP contribution in [0.25, 0.3) is 0 Å². The molecule has 1 N–H and O–H groups in total. The minimum atomic E-state index is 0.171. The van der Waals surface area contributed by atoms with Crippen LogP contribution in [0.15, 0.2) is 11.4 Å². The van der Waals surface area contributed by atoms with Gasteiger partial charge in [-0.3, -0.25) is 4.68 Å². The fraction of sp³-hybridized carbons (Fsp3) is 0.462. The highest BCUT2D eigenvalue weighted by molar-refractivity contribution is 7.10. The molecule has 2 aromatic rings. The van der Waals surface area contributed by atoms with Crippen molar-refractivity contribution in [3.63, 3.8) is 0 Å². The Morgan fingerprint density at radius 1 is 1.47 bits per heavy atom. The number of nitrogens with one attached hydrogen (secondary N) is 1. The Hall–Kier alpha value is -0.550. The van der Waals surface area contributed by atoms with Crippen molar-refractivity contribution in [1.82, 2.24) is 15.1 Å². The van der Waals surface area contributed by atoms with Gasteiger partial charge in [-0.05, 0) is 24.9 Å². The van der Waals surface area contributed by atoms with Crippen molar-refractivity contribution < 1.29 is 0 Å². The van der Waals surface area contributed by atoms with E-state index in [1.165, 1.54) is 0 Å². The summed E-state index contributed by atoms with van der Waals surface area (Å²) >= 11 is 14.2. The summed E-state index contributed by atoms with van der Waals surface area (Å²) in [5.41, 5.74) is 1.90. The summed E-state index contributed by atoms with van der Waals surface area (Å²) in [5, 5.41) is 11.4. The summed E-state index contributed by atoms with van der Waals surface area (Å²) < 4.78 is 1.85. The number of hydrogen-bond acceptors (Lipinski definition) is 3. The number of rotatable bonds is 5. The van der Waals surface area contributed by atoms with E-state index in [0.717, 1.165) is 39.3 Å². The lowest BCUT2D eigenvalue weighted by molar-refractivity contribution is 0.536. The summed E-state index contributed by atoms with van der Waals surface area (Å²) in [7, 11) is 1.92. The second-order valence-corrected chi connectivity index (χ2v) is 6.15. The number of nitrogens with zero attached hydrogens (tertiary/aromatic N) is 2. The Kier molecular flexibility index (Phi) is 4.90. The van der Waals surface area contributed by atoms with Crippen LogP contribution >= 0.6 is 34.5 Å². The molecule has 1 atom stereocenters. The van der Waals surface area contributed by atoms with E-state index in [2.05, 4.69) is 17.3 Å². The minimum Gasteiger partial charge on any atom is -0.309 e. The van der Waals surface area contributed by atoms with Crippen molar-refractivity contribution in [2.75, 3.05) is 6.54 Å². The molecule has 6 heteroatoms. The van der Waals surface area contributed by atoms with Crippen molar-refractivity contribution in [2.24, 2.45) is 7.05 Å². The molecule has 0 amide bonds. The molecule has 0 aliphatic rings. The van der Waals surface area contributed by atoms with Crippen LogP contribution in [0.1, 0.15) is 29.2 Å². The van der Waals surface area contributed by atoms with Gasteiger partial charge in [0.15, 0.2) is 0 Å². The summed E-state index contributed by atoms with van der Waals surface area (Å²) in [5.74, 6) is 0. The van der Waals surface area contributed by atoms with Crippen LogP contribution in [-0.2, 0) is 13.5 Å². The van der Waals surface area contributed by atoms with Crippen LogP contribution < -0.4 is 5.32 Å². The van der Waals surface area contributed by atoms with Crippen molar-refractivity contribution in [1.29, 1.82) is 0 Å². The fourth-order valence-electron chi connectivity index (χ4n) is 2.15. The topological polar surface area (TPSA) is 29.9 Å². The third-order valence-electron chi connectivity index (χ3n) is 3.07. The van der Waals surface area contributed by atoms with Crippen LogP contribution in [0.4, 0.5) is 0 Å². The first-order valence-electron chi connectivity index (χ1n) is 6.18. The molecule has 104 valence electrons. The van der Waals surface area contributed by atoms with Gasteiger partial charge in [0, 0.05) is 24.4 Å². The zero-order valence-corrected chi connectivity index (χ0v) is 13.5. The van der Waals surface area contributed by atoms with Crippen LogP contribution in [0, 0.1) is 6.92 Å². The molecule has 0 aliphatic carbocycles. The monoisotopic (exact) mass is 317 g/mol. The number of hydrogen-bond donors (Lipinski definition) is 1. The second-order valence-electron chi connectivity index (χ2n) is 4.42. The van der Waals surface area contributed by atoms with Crippen LogP contribution in [0.2, 0.25) is 10.0 Å². The molecular formula is C13H17Cl2N3S. The van der Waals surface area contributed by atoms with Gasteiger partial charge in [0.25, 0.3) is 0 Å². The highest BCUT2D eigenvalue weighted by Crippen LogP contribution is 2.32. The molecule has 0 saturated heterocycles.